The minimum Gasteiger partial charge on any atom is -0.480 e. The highest BCUT2D eigenvalue weighted by Gasteiger charge is 2.40. The summed E-state index contributed by atoms with van der Waals surface area (Å²) in [7, 11) is -1.59. The Balaban J connectivity index is 1.59. The van der Waals surface area contributed by atoms with Crippen molar-refractivity contribution in [2.75, 3.05) is 38.0 Å². The quantitative estimate of drug-likeness (QED) is 0.294. The van der Waals surface area contributed by atoms with Gasteiger partial charge in [-0.25, -0.2) is 13.2 Å². The van der Waals surface area contributed by atoms with Crippen molar-refractivity contribution in [2.45, 2.75) is 75.7 Å². The van der Waals surface area contributed by atoms with E-state index in [1.807, 2.05) is 49.6 Å². The molecule has 2 aromatic carbocycles. The van der Waals surface area contributed by atoms with Crippen LogP contribution in [0.4, 0.5) is 0 Å². The molecule has 4 rings (SSSR count). The molecular weight excluding hydrogens is 585 g/mol. The van der Waals surface area contributed by atoms with Gasteiger partial charge in [0.25, 0.3) is 5.91 Å². The summed E-state index contributed by atoms with van der Waals surface area (Å²) < 4.78 is 32.5. The zero-order valence-electron chi connectivity index (χ0n) is 25.6. The van der Waals surface area contributed by atoms with E-state index in [0.29, 0.717) is 43.9 Å². The number of methoxy groups -OCH3 is 1. The predicted octanol–water partition coefficient (Wildman–Crippen LogP) is 5.18. The zero-order chi connectivity index (χ0) is 31.0. The molecule has 236 valence electrons. The second-order valence-corrected chi connectivity index (χ2v) is 15.4. The highest BCUT2D eigenvalue weighted by molar-refractivity contribution is 7.98. The fourth-order valence-electron chi connectivity index (χ4n) is 6.53. The summed E-state index contributed by atoms with van der Waals surface area (Å²) >= 11 is 1.54. The van der Waals surface area contributed by atoms with Crippen molar-refractivity contribution in [3.8, 4) is 11.1 Å². The van der Waals surface area contributed by atoms with Crippen LogP contribution in [0, 0.1) is 12.8 Å². The number of aliphatic carboxylic acids is 1. The van der Waals surface area contributed by atoms with Crippen molar-refractivity contribution in [1.29, 1.82) is 0 Å². The molecule has 8 nitrogen and oxygen atoms in total. The van der Waals surface area contributed by atoms with E-state index >= 15 is 0 Å². The number of amides is 1. The first kappa shape index (κ1) is 33.5. The first-order valence-electron chi connectivity index (χ1n) is 15.3. The molecule has 2 aromatic rings. The Morgan fingerprint density at radius 3 is 2.53 bits per heavy atom. The van der Waals surface area contributed by atoms with Gasteiger partial charge in [-0.3, -0.25) is 9.69 Å². The van der Waals surface area contributed by atoms with Crippen LogP contribution in [0.2, 0.25) is 0 Å². The topological polar surface area (TPSA) is 113 Å². The van der Waals surface area contributed by atoms with Crippen LogP contribution in [0.5, 0.6) is 0 Å². The lowest BCUT2D eigenvalue weighted by molar-refractivity contribution is -0.139. The predicted molar refractivity (Wildman–Crippen MR) is 173 cm³/mol. The van der Waals surface area contributed by atoms with Crippen LogP contribution >= 0.6 is 11.8 Å². The van der Waals surface area contributed by atoms with E-state index in [1.165, 1.54) is 18.2 Å². The summed E-state index contributed by atoms with van der Waals surface area (Å²) in [4.78, 5) is 27.5. The van der Waals surface area contributed by atoms with Gasteiger partial charge in [-0.2, -0.15) is 11.8 Å². The molecule has 2 fully saturated rings. The maximum absolute atomic E-state index is 13.5. The molecule has 1 saturated carbocycles. The van der Waals surface area contributed by atoms with Crippen molar-refractivity contribution in [2.24, 2.45) is 5.92 Å². The van der Waals surface area contributed by atoms with Crippen molar-refractivity contribution < 1.29 is 27.9 Å². The van der Waals surface area contributed by atoms with E-state index in [2.05, 4.69) is 10.2 Å². The van der Waals surface area contributed by atoms with E-state index < -0.39 is 33.0 Å². The maximum atomic E-state index is 13.5. The average molecular weight is 631 g/mol. The van der Waals surface area contributed by atoms with Gasteiger partial charge in [0.1, 0.15) is 6.04 Å². The van der Waals surface area contributed by atoms with Crippen LogP contribution in [-0.2, 0) is 25.9 Å². The van der Waals surface area contributed by atoms with E-state index in [-0.39, 0.29) is 17.7 Å². The van der Waals surface area contributed by atoms with E-state index in [9.17, 15) is 23.1 Å². The van der Waals surface area contributed by atoms with Crippen molar-refractivity contribution in [3.05, 3.63) is 59.2 Å². The molecule has 2 N–H and O–H groups in total. The van der Waals surface area contributed by atoms with Crippen molar-refractivity contribution >= 4 is 33.5 Å². The van der Waals surface area contributed by atoms with Gasteiger partial charge in [0.2, 0.25) is 0 Å². The smallest absolute Gasteiger partial charge is 0.326 e. The summed E-state index contributed by atoms with van der Waals surface area (Å²) in [6.07, 6.45) is 8.24. The first-order valence-corrected chi connectivity index (χ1v) is 18.4. The maximum Gasteiger partial charge on any atom is 0.326 e. The summed E-state index contributed by atoms with van der Waals surface area (Å²) in [5, 5.41) is 12.0. The third-order valence-electron chi connectivity index (χ3n) is 8.91. The van der Waals surface area contributed by atoms with Gasteiger partial charge >= 0.3 is 5.97 Å². The summed E-state index contributed by atoms with van der Waals surface area (Å²) in [5.41, 5.74) is 3.99. The van der Waals surface area contributed by atoms with Crippen LogP contribution in [0.1, 0.15) is 66.4 Å². The number of benzene rings is 2. The van der Waals surface area contributed by atoms with Crippen LogP contribution in [0.15, 0.2) is 42.5 Å². The number of carbonyl (C=O) groups excluding carboxylic acids is 1. The molecule has 1 amide bonds. The third-order valence-corrected chi connectivity index (χ3v) is 11.8. The summed E-state index contributed by atoms with van der Waals surface area (Å²) in [6.45, 7) is 3.42. The highest BCUT2D eigenvalue weighted by Crippen LogP contribution is 2.33. The number of nitrogens with one attached hydrogen (secondary N) is 1. The standard InChI is InChI=1S/C33H46N2O6S2/c1-23-9-7-8-12-28(23)30-17-25(13-14-29(30)32(36)34-31(33(37)38)15-16-42-3)19-35-20-27(18-26(35)21-41-2)43(39,40)22-24-10-5-4-6-11-24/h7-9,12-14,17,24,26-27,31H,4-6,10-11,15-16,18-22H2,1-3H3,(H,34,36)(H,37,38)/t26-,27-,31-/m0/s1. The van der Waals surface area contributed by atoms with Gasteiger partial charge in [-0.05, 0) is 84.9 Å². The number of carboxylic acids is 1. The number of ether oxygens (including phenoxy) is 1. The van der Waals surface area contributed by atoms with E-state index in [4.69, 9.17) is 4.74 Å². The number of rotatable bonds is 14. The minimum atomic E-state index is -3.24. The van der Waals surface area contributed by atoms with Crippen LogP contribution in [0.25, 0.3) is 11.1 Å². The second-order valence-electron chi connectivity index (χ2n) is 12.1. The van der Waals surface area contributed by atoms with Gasteiger partial charge in [0, 0.05) is 31.8 Å². The molecule has 0 spiro atoms. The molecule has 1 aliphatic heterocycles. The highest BCUT2D eigenvalue weighted by atomic mass is 32.2. The van der Waals surface area contributed by atoms with E-state index in [1.54, 1.807) is 13.2 Å². The number of sulfone groups is 1. The molecule has 0 aromatic heterocycles. The van der Waals surface area contributed by atoms with Gasteiger partial charge in [0.05, 0.1) is 17.6 Å². The molecule has 1 aliphatic carbocycles. The fourth-order valence-corrected chi connectivity index (χ4v) is 9.19. The molecule has 2 aliphatic rings. The Morgan fingerprint density at radius 1 is 1.12 bits per heavy atom. The molecule has 10 heteroatoms. The molecular formula is C33H46N2O6S2. The van der Waals surface area contributed by atoms with Gasteiger partial charge in [0.15, 0.2) is 9.84 Å². The van der Waals surface area contributed by atoms with Gasteiger partial charge < -0.3 is 15.2 Å². The molecule has 43 heavy (non-hydrogen) atoms. The zero-order valence-corrected chi connectivity index (χ0v) is 27.2. The number of nitrogens with zero attached hydrogens (tertiary/aromatic N) is 1. The van der Waals surface area contributed by atoms with Crippen LogP contribution in [0.3, 0.4) is 0 Å². The van der Waals surface area contributed by atoms with Crippen molar-refractivity contribution in [3.63, 3.8) is 0 Å². The second kappa shape index (κ2) is 15.5. The minimum absolute atomic E-state index is 0.0197. The lowest BCUT2D eigenvalue weighted by Gasteiger charge is -2.25. The fraction of sp³-hybridized carbons (Fsp3) is 0.576. The number of thioether (sulfide) groups is 1. The Morgan fingerprint density at radius 2 is 1.86 bits per heavy atom. The lowest BCUT2D eigenvalue weighted by Crippen LogP contribution is -2.41. The number of carboxylic acid groups (broad SMARTS) is 1. The first-order chi connectivity index (χ1) is 20.6. The lowest BCUT2D eigenvalue weighted by atomic mass is 9.91. The SMILES string of the molecule is COC[C@@H]1C[C@H](S(=O)(=O)CC2CCCCC2)CN1Cc1ccc(C(=O)N[C@@H](CCSC)C(=O)O)c(-c2ccccc2C)c1. The van der Waals surface area contributed by atoms with Gasteiger partial charge in [-0.1, -0.05) is 49.6 Å². The van der Waals surface area contributed by atoms with Crippen LogP contribution in [-0.4, -0.2) is 85.7 Å². The monoisotopic (exact) mass is 630 g/mol. The molecule has 0 radical (unpaired) electrons. The molecule has 0 unspecified atom stereocenters. The summed E-state index contributed by atoms with van der Waals surface area (Å²) in [6, 6.07) is 12.5. The number of likely N-dealkylation sites (tertiary alicyclic amines) is 1. The molecule has 1 saturated heterocycles. The number of hydrogen-bond acceptors (Lipinski definition) is 7. The normalized spacial score (nSPS) is 20.6. The Hall–Kier alpha value is -2.40. The summed E-state index contributed by atoms with van der Waals surface area (Å²) in [5.74, 6) is -0.309. The molecule has 1 heterocycles. The largest absolute Gasteiger partial charge is 0.480 e. The Kier molecular flexibility index (Phi) is 12.1. The van der Waals surface area contributed by atoms with Gasteiger partial charge in [-0.15, -0.1) is 0 Å². The Bertz CT molecular complexity index is 1360. The number of hydrogen-bond donors (Lipinski definition) is 2. The number of aryl methyl sites for hydroxylation is 1. The molecule has 3 atom stereocenters. The van der Waals surface area contributed by atoms with E-state index in [0.717, 1.165) is 47.9 Å². The Labute approximate surface area is 260 Å². The van der Waals surface area contributed by atoms with Crippen molar-refractivity contribution in [1.82, 2.24) is 10.2 Å². The average Bonchev–Trinajstić information content (AvgIpc) is 3.39. The molecule has 0 bridgehead atoms. The number of carbonyl (C=O) groups is 2. The third kappa shape index (κ3) is 8.84. The van der Waals surface area contributed by atoms with Crippen LogP contribution < -0.4 is 5.32 Å².